The van der Waals surface area contributed by atoms with E-state index in [9.17, 15) is 5.11 Å². The summed E-state index contributed by atoms with van der Waals surface area (Å²) in [6.07, 6.45) is 5.18. The molecule has 37 heavy (non-hydrogen) atoms. The Morgan fingerprint density at radius 3 is 2.30 bits per heavy atom. The molecule has 0 radical (unpaired) electrons. The van der Waals surface area contributed by atoms with Crippen molar-refractivity contribution in [3.05, 3.63) is 115 Å². The SMILES string of the molecule is CC(C)(C)c1ccc(O)c(-c2cncc(-c3[c-]c(N(c4ccccc4)c4ccccn4)ccc3)n2)c1.[Pt]. The van der Waals surface area contributed by atoms with Crippen LogP contribution in [0.25, 0.3) is 22.5 Å². The summed E-state index contributed by atoms with van der Waals surface area (Å²) in [5.41, 5.74) is 5.61. The third-order valence-electron chi connectivity index (χ3n) is 5.96. The van der Waals surface area contributed by atoms with E-state index in [0.717, 1.165) is 28.3 Å². The third-order valence-corrected chi connectivity index (χ3v) is 5.96. The molecular formula is C31H27N4OPt-. The molecule has 3 aromatic carbocycles. The van der Waals surface area contributed by atoms with Gasteiger partial charge in [0.2, 0.25) is 0 Å². The molecule has 188 valence electrons. The first kappa shape index (κ1) is 26.2. The number of pyridine rings is 1. The van der Waals surface area contributed by atoms with E-state index in [2.05, 4.69) is 41.7 Å². The zero-order valence-electron chi connectivity index (χ0n) is 20.9. The van der Waals surface area contributed by atoms with Crippen molar-refractivity contribution in [2.24, 2.45) is 0 Å². The summed E-state index contributed by atoms with van der Waals surface area (Å²) in [6.45, 7) is 6.43. The zero-order chi connectivity index (χ0) is 25.1. The molecule has 0 aliphatic heterocycles. The second-order valence-corrected chi connectivity index (χ2v) is 9.58. The van der Waals surface area contributed by atoms with Gasteiger partial charge in [0.25, 0.3) is 0 Å². The van der Waals surface area contributed by atoms with Crippen LogP contribution in [0.5, 0.6) is 5.75 Å². The van der Waals surface area contributed by atoms with Crippen molar-refractivity contribution in [3.8, 4) is 28.3 Å². The molecule has 5 nitrogen and oxygen atoms in total. The Labute approximate surface area is 232 Å². The topological polar surface area (TPSA) is 62.1 Å². The van der Waals surface area contributed by atoms with Crippen molar-refractivity contribution < 1.29 is 26.2 Å². The fourth-order valence-electron chi connectivity index (χ4n) is 4.03. The average Bonchev–Trinajstić information content (AvgIpc) is 2.90. The molecule has 5 aromatic rings. The number of nitrogens with zero attached hydrogens (tertiary/aromatic N) is 4. The van der Waals surface area contributed by atoms with Gasteiger partial charge in [-0.3, -0.25) is 9.97 Å². The molecule has 0 bridgehead atoms. The molecule has 2 aromatic heterocycles. The molecule has 0 spiro atoms. The van der Waals surface area contributed by atoms with E-state index in [1.54, 1.807) is 24.7 Å². The van der Waals surface area contributed by atoms with E-state index >= 15 is 0 Å². The van der Waals surface area contributed by atoms with Gasteiger partial charge in [-0.05, 0) is 53.1 Å². The van der Waals surface area contributed by atoms with E-state index in [-0.39, 0.29) is 32.2 Å². The molecule has 2 heterocycles. The normalized spacial score (nSPS) is 11.0. The predicted octanol–water partition coefficient (Wildman–Crippen LogP) is 7.48. The van der Waals surface area contributed by atoms with Gasteiger partial charge in [-0.25, -0.2) is 4.98 Å². The first-order chi connectivity index (χ1) is 17.4. The number of aromatic hydroxyl groups is 1. The van der Waals surface area contributed by atoms with Crippen LogP contribution in [0.2, 0.25) is 0 Å². The number of rotatable bonds is 5. The Morgan fingerprint density at radius 2 is 1.57 bits per heavy atom. The van der Waals surface area contributed by atoms with Crippen LogP contribution in [0.4, 0.5) is 17.2 Å². The van der Waals surface area contributed by atoms with Crippen molar-refractivity contribution in [1.29, 1.82) is 0 Å². The van der Waals surface area contributed by atoms with Gasteiger partial charge < -0.3 is 10.0 Å². The van der Waals surface area contributed by atoms with Crippen LogP contribution in [-0.4, -0.2) is 20.1 Å². The number of para-hydroxylation sites is 1. The number of phenolic OH excluding ortho intramolecular Hbond substituents is 1. The van der Waals surface area contributed by atoms with Crippen LogP contribution in [0.15, 0.2) is 104 Å². The first-order valence-electron chi connectivity index (χ1n) is 11.8. The second kappa shape index (κ2) is 11.1. The maximum absolute atomic E-state index is 10.6. The van der Waals surface area contributed by atoms with E-state index in [4.69, 9.17) is 4.98 Å². The molecule has 5 rings (SSSR count). The van der Waals surface area contributed by atoms with Crippen LogP contribution in [0.1, 0.15) is 26.3 Å². The summed E-state index contributed by atoms with van der Waals surface area (Å²) >= 11 is 0. The quantitative estimate of drug-likeness (QED) is 0.197. The molecule has 1 N–H and O–H groups in total. The predicted molar refractivity (Wildman–Crippen MR) is 145 cm³/mol. The summed E-state index contributed by atoms with van der Waals surface area (Å²) in [4.78, 5) is 15.9. The number of hydrogen-bond donors (Lipinski definition) is 1. The van der Waals surface area contributed by atoms with E-state index < -0.39 is 0 Å². The molecular weight excluding hydrogens is 639 g/mol. The van der Waals surface area contributed by atoms with Gasteiger partial charge in [0.05, 0.1) is 11.9 Å². The van der Waals surface area contributed by atoms with Gasteiger partial charge in [0, 0.05) is 50.4 Å². The fraction of sp³-hybridized carbons (Fsp3) is 0.129. The van der Waals surface area contributed by atoms with E-state index in [0.29, 0.717) is 17.0 Å². The monoisotopic (exact) mass is 666 g/mol. The Kier molecular flexibility index (Phi) is 7.85. The Morgan fingerprint density at radius 1 is 0.811 bits per heavy atom. The van der Waals surface area contributed by atoms with E-state index in [1.807, 2.05) is 78.9 Å². The zero-order valence-corrected chi connectivity index (χ0v) is 23.1. The van der Waals surface area contributed by atoms with Crippen molar-refractivity contribution in [2.75, 3.05) is 4.90 Å². The van der Waals surface area contributed by atoms with Gasteiger partial charge in [-0.2, -0.15) is 0 Å². The minimum atomic E-state index is -0.0536. The smallest absolute Gasteiger partial charge is 0.136 e. The largest absolute Gasteiger partial charge is 0.507 e. The first-order valence-corrected chi connectivity index (χ1v) is 11.8. The Bertz CT molecular complexity index is 1450. The van der Waals surface area contributed by atoms with Gasteiger partial charge in [-0.1, -0.05) is 51.1 Å². The summed E-state index contributed by atoms with van der Waals surface area (Å²) < 4.78 is 0. The minimum absolute atomic E-state index is 0. The summed E-state index contributed by atoms with van der Waals surface area (Å²) in [7, 11) is 0. The van der Waals surface area contributed by atoms with Crippen LogP contribution in [-0.2, 0) is 26.5 Å². The van der Waals surface area contributed by atoms with Crippen LogP contribution < -0.4 is 4.90 Å². The average molecular weight is 667 g/mol. The third kappa shape index (κ3) is 5.78. The molecule has 0 fully saturated rings. The Hall–Kier alpha value is -3.82. The second-order valence-electron chi connectivity index (χ2n) is 9.58. The number of phenols is 1. The number of benzene rings is 3. The standard InChI is InChI=1S/C31H27N4O.Pt/c1-31(2,3)23-15-16-29(36)26(19-23)28-21-32-20-27(34-28)22-10-9-13-25(18-22)35(24-11-5-4-6-12-24)30-14-7-8-17-33-30;/h4-17,19-21,36H,1-3H3;/q-1;. The molecule has 0 aliphatic carbocycles. The van der Waals surface area contributed by atoms with Crippen molar-refractivity contribution in [3.63, 3.8) is 0 Å². The van der Waals surface area contributed by atoms with Gasteiger partial charge >= 0.3 is 0 Å². The molecule has 0 unspecified atom stereocenters. The molecule has 0 aliphatic rings. The molecule has 0 saturated heterocycles. The van der Waals surface area contributed by atoms with Gasteiger partial charge in [-0.15, -0.1) is 29.8 Å². The van der Waals surface area contributed by atoms with Gasteiger partial charge in [0.1, 0.15) is 11.6 Å². The van der Waals surface area contributed by atoms with Crippen LogP contribution >= 0.6 is 0 Å². The van der Waals surface area contributed by atoms with Gasteiger partial charge in [0.15, 0.2) is 0 Å². The van der Waals surface area contributed by atoms with Crippen LogP contribution in [0, 0.1) is 6.07 Å². The van der Waals surface area contributed by atoms with Crippen molar-refractivity contribution in [2.45, 2.75) is 26.2 Å². The fourth-order valence-corrected chi connectivity index (χ4v) is 4.03. The molecule has 0 saturated carbocycles. The number of aromatic nitrogens is 3. The number of hydrogen-bond acceptors (Lipinski definition) is 5. The molecule has 0 amide bonds. The maximum atomic E-state index is 10.6. The van der Waals surface area contributed by atoms with E-state index in [1.165, 1.54) is 0 Å². The molecule has 6 heteroatoms. The minimum Gasteiger partial charge on any atom is -0.507 e. The summed E-state index contributed by atoms with van der Waals surface area (Å²) in [5.74, 6) is 0.971. The van der Waals surface area contributed by atoms with Crippen molar-refractivity contribution >= 4 is 17.2 Å². The summed E-state index contributed by atoms with van der Waals surface area (Å²) in [6, 6.07) is 31.0. The summed E-state index contributed by atoms with van der Waals surface area (Å²) in [5, 5.41) is 10.6. The maximum Gasteiger partial charge on any atom is 0.136 e. The number of anilines is 3. The van der Waals surface area contributed by atoms with Crippen LogP contribution in [0.3, 0.4) is 0 Å². The molecule has 0 atom stereocenters. The van der Waals surface area contributed by atoms with Crippen molar-refractivity contribution in [1.82, 2.24) is 15.0 Å². The Balaban J connectivity index is 0.00000320.